The zero-order valence-corrected chi connectivity index (χ0v) is 19.9. The summed E-state index contributed by atoms with van der Waals surface area (Å²) in [6.45, 7) is 6.55. The van der Waals surface area contributed by atoms with Gasteiger partial charge in [-0.3, -0.25) is 19.3 Å². The Kier molecular flexibility index (Phi) is 6.25. The number of nitrogens with zero attached hydrogens (tertiary/aromatic N) is 5. The summed E-state index contributed by atoms with van der Waals surface area (Å²) in [5.74, 6) is -2.29. The number of aryl methyl sites for hydroxylation is 1. The van der Waals surface area contributed by atoms with Gasteiger partial charge in [0.2, 0.25) is 10.8 Å². The molecule has 3 atom stereocenters. The number of ketones is 1. The van der Waals surface area contributed by atoms with Gasteiger partial charge in [-0.25, -0.2) is 13.1 Å². The van der Waals surface area contributed by atoms with Crippen LogP contribution in [0.5, 0.6) is 0 Å². The average molecular weight is 488 g/mol. The van der Waals surface area contributed by atoms with Crippen molar-refractivity contribution < 1.29 is 32.6 Å². The van der Waals surface area contributed by atoms with Gasteiger partial charge in [-0.15, -0.1) is 5.10 Å². The molecule has 1 saturated heterocycles. The van der Waals surface area contributed by atoms with Crippen molar-refractivity contribution in [3.63, 3.8) is 0 Å². The molecule has 1 aromatic rings. The Morgan fingerprint density at radius 3 is 2.56 bits per heavy atom. The van der Waals surface area contributed by atoms with Gasteiger partial charge in [0.25, 0.3) is 5.91 Å². The Hall–Kier alpha value is -2.32. The van der Waals surface area contributed by atoms with Gasteiger partial charge in [0.15, 0.2) is 21.0 Å². The Balaban J connectivity index is 1.95. The van der Waals surface area contributed by atoms with Crippen LogP contribution in [0.4, 0.5) is 0 Å². The second-order valence-electron chi connectivity index (χ2n) is 8.68. The van der Waals surface area contributed by atoms with Crippen LogP contribution in [-0.2, 0) is 35.5 Å². The lowest BCUT2D eigenvalue weighted by Crippen LogP contribution is -2.81. The van der Waals surface area contributed by atoms with E-state index >= 15 is 0 Å². The highest BCUT2D eigenvalue weighted by Gasteiger charge is 2.74. The number of methoxy groups -OCH3 is 1. The van der Waals surface area contributed by atoms with Crippen LogP contribution >= 0.6 is 11.8 Å². The van der Waals surface area contributed by atoms with Crippen LogP contribution in [0.2, 0.25) is 0 Å². The summed E-state index contributed by atoms with van der Waals surface area (Å²) in [5.41, 5.74) is -2.77. The number of carboxylic acids is 1. The normalized spacial score (nSPS) is 26.8. The molecule has 176 valence electrons. The lowest BCUT2D eigenvalue weighted by Gasteiger charge is -2.55. The first kappa shape index (κ1) is 24.3. The Morgan fingerprint density at radius 2 is 2.00 bits per heavy atom. The van der Waals surface area contributed by atoms with Crippen LogP contribution in [0.15, 0.2) is 16.9 Å². The zero-order valence-electron chi connectivity index (χ0n) is 18.3. The van der Waals surface area contributed by atoms with Crippen LogP contribution in [0.25, 0.3) is 0 Å². The third kappa shape index (κ3) is 3.73. The summed E-state index contributed by atoms with van der Waals surface area (Å²) in [5, 5.41) is 18.7. The molecule has 3 rings (SSSR count). The number of hydrogen-bond acceptors (Lipinski definition) is 10. The second-order valence-corrected chi connectivity index (χ2v) is 12.1. The molecule has 0 aromatic carbocycles. The van der Waals surface area contributed by atoms with E-state index < -0.39 is 48.5 Å². The number of carbonyl (C=O) groups is 3. The van der Waals surface area contributed by atoms with Crippen LogP contribution in [0, 0.1) is 5.41 Å². The molecule has 0 radical (unpaired) electrons. The molecular formula is C18H25N5O7S2. The van der Waals surface area contributed by atoms with E-state index in [2.05, 4.69) is 15.5 Å². The van der Waals surface area contributed by atoms with Gasteiger partial charge >= 0.3 is 5.97 Å². The molecule has 1 amide bonds. The summed E-state index contributed by atoms with van der Waals surface area (Å²) < 4.78 is 32.8. The van der Waals surface area contributed by atoms with E-state index in [1.54, 1.807) is 27.7 Å². The summed E-state index contributed by atoms with van der Waals surface area (Å²) in [6, 6.07) is 0. The lowest BCUT2D eigenvalue weighted by atomic mass is 9.75. The molecule has 1 unspecified atom stereocenters. The first-order valence-corrected chi connectivity index (χ1v) is 12.3. The van der Waals surface area contributed by atoms with E-state index in [1.165, 1.54) is 10.9 Å². The van der Waals surface area contributed by atoms with Crippen molar-refractivity contribution in [3.05, 3.63) is 11.8 Å². The Bertz CT molecular complexity index is 1090. The van der Waals surface area contributed by atoms with Crippen LogP contribution < -0.4 is 0 Å². The van der Waals surface area contributed by atoms with E-state index in [1.807, 2.05) is 0 Å². The van der Waals surface area contributed by atoms with Gasteiger partial charge in [-0.05, 0) is 29.3 Å². The average Bonchev–Trinajstić information content (AvgIpc) is 3.12. The van der Waals surface area contributed by atoms with Crippen molar-refractivity contribution in [2.45, 2.75) is 67.8 Å². The SMILES string of the molecule is CO[C@@]1(C(=O)C(C)(C)C)C(=O)N2C=C(C)C(Sc3nnnn3CCCC(=O)O)S(=O)(=O)[C@H]21. The van der Waals surface area contributed by atoms with E-state index in [0.29, 0.717) is 5.57 Å². The molecule has 0 saturated carbocycles. The van der Waals surface area contributed by atoms with E-state index in [-0.39, 0.29) is 24.5 Å². The number of sulfone groups is 1. The molecule has 2 aliphatic rings. The van der Waals surface area contributed by atoms with Gasteiger partial charge in [-0.2, -0.15) is 0 Å². The third-order valence-electron chi connectivity index (χ3n) is 5.29. The summed E-state index contributed by atoms with van der Waals surface area (Å²) in [4.78, 5) is 37.8. The quantitative estimate of drug-likeness (QED) is 0.400. The van der Waals surface area contributed by atoms with Crippen LogP contribution in [0.1, 0.15) is 40.5 Å². The largest absolute Gasteiger partial charge is 0.481 e. The smallest absolute Gasteiger partial charge is 0.303 e. The predicted molar refractivity (Wildman–Crippen MR) is 112 cm³/mol. The number of Topliss-reactive ketones (excluding diaryl/α,β-unsaturated/α-hetero) is 1. The fourth-order valence-corrected chi connectivity index (χ4v) is 7.75. The highest BCUT2D eigenvalue weighted by Crippen LogP contribution is 2.49. The maximum Gasteiger partial charge on any atom is 0.303 e. The molecule has 14 heteroatoms. The number of carboxylic acid groups (broad SMARTS) is 1. The number of aromatic nitrogens is 4. The molecule has 1 aromatic heterocycles. The van der Waals surface area contributed by atoms with Crippen molar-refractivity contribution >= 4 is 39.3 Å². The van der Waals surface area contributed by atoms with Gasteiger partial charge in [0.1, 0.15) is 4.58 Å². The summed E-state index contributed by atoms with van der Waals surface area (Å²) in [6.07, 6.45) is 1.59. The molecular weight excluding hydrogens is 462 g/mol. The number of β-lactam (4-membered cyclic amide) rings is 1. The molecule has 2 aliphatic heterocycles. The van der Waals surface area contributed by atoms with Crippen molar-refractivity contribution in [2.75, 3.05) is 7.11 Å². The Morgan fingerprint density at radius 1 is 1.34 bits per heavy atom. The fraction of sp³-hybridized carbons (Fsp3) is 0.667. The number of thioether (sulfide) groups is 1. The summed E-state index contributed by atoms with van der Waals surface area (Å²) in [7, 11) is -2.99. The molecule has 32 heavy (non-hydrogen) atoms. The van der Waals surface area contributed by atoms with Gasteiger partial charge < -0.3 is 9.84 Å². The molecule has 1 N–H and O–H groups in total. The van der Waals surface area contributed by atoms with E-state index in [9.17, 15) is 22.8 Å². The lowest BCUT2D eigenvalue weighted by molar-refractivity contribution is -0.189. The Labute approximate surface area is 189 Å². The minimum absolute atomic E-state index is 0.0883. The monoisotopic (exact) mass is 487 g/mol. The first-order valence-electron chi connectivity index (χ1n) is 9.77. The zero-order chi connectivity index (χ0) is 24.1. The third-order valence-corrected chi connectivity index (χ3v) is 9.62. The second kappa shape index (κ2) is 8.23. The number of tetrazole rings is 1. The summed E-state index contributed by atoms with van der Waals surface area (Å²) >= 11 is 0.861. The standard InChI is InChI=1S/C18H25N5O7S2/c1-10-9-22-14(27)18(30-5,13(26)17(2,3)4)15(22)32(28,29)12(10)31-16-19-20-21-23(16)8-6-7-11(24)25/h9,12,15H,6-8H2,1-5H3,(H,24,25)/t12?,15-,18-/m0/s1. The number of hydrogen-bond donors (Lipinski definition) is 1. The number of rotatable bonds is 8. The van der Waals surface area contributed by atoms with Crippen molar-refractivity contribution in [1.82, 2.24) is 25.1 Å². The molecule has 12 nitrogen and oxygen atoms in total. The fourth-order valence-electron chi connectivity index (χ4n) is 3.81. The van der Waals surface area contributed by atoms with Gasteiger partial charge in [-0.1, -0.05) is 32.5 Å². The predicted octanol–water partition coefficient (Wildman–Crippen LogP) is 0.457. The minimum atomic E-state index is -4.15. The van der Waals surface area contributed by atoms with Gasteiger partial charge in [0.05, 0.1) is 0 Å². The number of carbonyl (C=O) groups excluding carboxylic acids is 2. The first-order chi connectivity index (χ1) is 14.8. The number of aliphatic carboxylic acids is 1. The van der Waals surface area contributed by atoms with E-state index in [0.717, 1.165) is 23.8 Å². The van der Waals surface area contributed by atoms with Crippen LogP contribution in [-0.4, -0.2) is 79.0 Å². The molecule has 1 fully saturated rings. The molecule has 3 heterocycles. The topological polar surface area (TPSA) is 162 Å². The van der Waals surface area contributed by atoms with Crippen molar-refractivity contribution in [2.24, 2.45) is 5.41 Å². The molecule has 0 bridgehead atoms. The highest BCUT2D eigenvalue weighted by atomic mass is 32.3. The number of ether oxygens (including phenoxy) is 1. The van der Waals surface area contributed by atoms with Crippen LogP contribution in [0.3, 0.4) is 0 Å². The minimum Gasteiger partial charge on any atom is -0.481 e. The maximum absolute atomic E-state index is 13.6. The highest BCUT2D eigenvalue weighted by molar-refractivity contribution is 8.14. The number of fused-ring (bicyclic) bond motifs is 1. The molecule has 0 spiro atoms. The van der Waals surface area contributed by atoms with Crippen molar-refractivity contribution in [3.8, 4) is 0 Å². The molecule has 0 aliphatic carbocycles. The van der Waals surface area contributed by atoms with Gasteiger partial charge in [0, 0.05) is 31.7 Å². The van der Waals surface area contributed by atoms with E-state index in [4.69, 9.17) is 9.84 Å². The number of amides is 1. The van der Waals surface area contributed by atoms with Crippen molar-refractivity contribution in [1.29, 1.82) is 0 Å². The maximum atomic E-state index is 13.6.